The summed E-state index contributed by atoms with van der Waals surface area (Å²) in [6.45, 7) is 4.13. The number of hydrogen-bond acceptors (Lipinski definition) is 3. The SMILES string of the molecule is COc1ccc(C)cc1Nc1nc(C)cn1C1CCCC1. The van der Waals surface area contributed by atoms with E-state index in [0.717, 1.165) is 23.1 Å². The molecule has 0 radical (unpaired) electrons. The molecular formula is C17H23N3O. The zero-order chi connectivity index (χ0) is 14.8. The molecule has 2 aromatic rings. The van der Waals surface area contributed by atoms with Crippen LogP contribution in [0.25, 0.3) is 0 Å². The van der Waals surface area contributed by atoms with Crippen LogP contribution in [0, 0.1) is 13.8 Å². The van der Waals surface area contributed by atoms with E-state index < -0.39 is 0 Å². The molecule has 3 rings (SSSR count). The number of rotatable bonds is 4. The van der Waals surface area contributed by atoms with Crippen molar-refractivity contribution in [2.45, 2.75) is 45.6 Å². The minimum atomic E-state index is 0.574. The van der Waals surface area contributed by atoms with Crippen LogP contribution in [0.5, 0.6) is 5.75 Å². The zero-order valence-corrected chi connectivity index (χ0v) is 13.0. The van der Waals surface area contributed by atoms with E-state index in [1.54, 1.807) is 7.11 Å². The topological polar surface area (TPSA) is 39.1 Å². The molecule has 1 heterocycles. The largest absolute Gasteiger partial charge is 0.495 e. The Labute approximate surface area is 126 Å². The van der Waals surface area contributed by atoms with Gasteiger partial charge in [0.15, 0.2) is 0 Å². The molecule has 0 unspecified atom stereocenters. The average molecular weight is 285 g/mol. The highest BCUT2D eigenvalue weighted by Crippen LogP contribution is 2.34. The van der Waals surface area contributed by atoms with Crippen LogP contribution in [-0.2, 0) is 0 Å². The Hall–Kier alpha value is -1.97. The van der Waals surface area contributed by atoms with Crippen LogP contribution in [0.4, 0.5) is 11.6 Å². The second-order valence-corrected chi connectivity index (χ2v) is 5.88. The molecule has 1 aliphatic carbocycles. The predicted molar refractivity (Wildman–Crippen MR) is 85.5 cm³/mol. The maximum absolute atomic E-state index is 5.45. The number of nitrogens with one attached hydrogen (secondary N) is 1. The molecule has 0 aliphatic heterocycles. The second kappa shape index (κ2) is 5.80. The van der Waals surface area contributed by atoms with Gasteiger partial charge in [0.05, 0.1) is 18.5 Å². The molecule has 0 bridgehead atoms. The number of hydrogen-bond donors (Lipinski definition) is 1. The van der Waals surface area contributed by atoms with Gasteiger partial charge in [0.1, 0.15) is 5.75 Å². The number of aromatic nitrogens is 2. The molecule has 4 nitrogen and oxygen atoms in total. The summed E-state index contributed by atoms with van der Waals surface area (Å²) in [6.07, 6.45) is 7.27. The van der Waals surface area contributed by atoms with E-state index in [1.807, 2.05) is 13.0 Å². The Morgan fingerprint density at radius 1 is 1.24 bits per heavy atom. The highest BCUT2D eigenvalue weighted by Gasteiger charge is 2.20. The number of ether oxygens (including phenoxy) is 1. The Bertz CT molecular complexity index is 627. The Kier molecular flexibility index (Phi) is 3.86. The van der Waals surface area contributed by atoms with Gasteiger partial charge in [-0.1, -0.05) is 18.9 Å². The van der Waals surface area contributed by atoms with Crippen LogP contribution in [0.1, 0.15) is 43.0 Å². The first-order valence-corrected chi connectivity index (χ1v) is 7.64. The molecule has 1 fully saturated rings. The van der Waals surface area contributed by atoms with Gasteiger partial charge in [-0.2, -0.15) is 0 Å². The van der Waals surface area contributed by atoms with Crippen molar-refractivity contribution in [1.82, 2.24) is 9.55 Å². The van der Waals surface area contributed by atoms with Crippen LogP contribution in [0.2, 0.25) is 0 Å². The number of imidazole rings is 1. The first-order chi connectivity index (χ1) is 10.2. The normalized spacial score (nSPS) is 15.4. The van der Waals surface area contributed by atoms with Crippen molar-refractivity contribution >= 4 is 11.6 Å². The van der Waals surface area contributed by atoms with Gasteiger partial charge in [-0.3, -0.25) is 0 Å². The lowest BCUT2D eigenvalue weighted by Crippen LogP contribution is -2.08. The average Bonchev–Trinajstić information content (AvgIpc) is 3.08. The van der Waals surface area contributed by atoms with Crippen LogP contribution >= 0.6 is 0 Å². The molecular weight excluding hydrogens is 262 g/mol. The molecule has 4 heteroatoms. The molecule has 0 saturated heterocycles. The highest BCUT2D eigenvalue weighted by atomic mass is 16.5. The van der Waals surface area contributed by atoms with Crippen molar-refractivity contribution in [2.75, 3.05) is 12.4 Å². The van der Waals surface area contributed by atoms with E-state index in [2.05, 4.69) is 40.1 Å². The summed E-state index contributed by atoms with van der Waals surface area (Å²) in [7, 11) is 1.70. The first-order valence-electron chi connectivity index (χ1n) is 7.64. The Balaban J connectivity index is 1.93. The molecule has 1 aromatic carbocycles. The van der Waals surface area contributed by atoms with E-state index in [0.29, 0.717) is 6.04 Å². The Morgan fingerprint density at radius 2 is 2.00 bits per heavy atom. The van der Waals surface area contributed by atoms with Crippen LogP contribution in [-0.4, -0.2) is 16.7 Å². The van der Waals surface area contributed by atoms with Crippen molar-refractivity contribution in [1.29, 1.82) is 0 Å². The van der Waals surface area contributed by atoms with Gasteiger partial charge in [0.2, 0.25) is 5.95 Å². The summed E-state index contributed by atoms with van der Waals surface area (Å²) < 4.78 is 7.74. The van der Waals surface area contributed by atoms with E-state index in [-0.39, 0.29) is 0 Å². The van der Waals surface area contributed by atoms with Crippen LogP contribution in [0.3, 0.4) is 0 Å². The van der Waals surface area contributed by atoms with Crippen molar-refractivity contribution in [2.24, 2.45) is 0 Å². The Morgan fingerprint density at radius 3 is 2.71 bits per heavy atom. The van der Waals surface area contributed by atoms with Crippen molar-refractivity contribution in [3.8, 4) is 5.75 Å². The number of anilines is 2. The van der Waals surface area contributed by atoms with Gasteiger partial charge in [-0.25, -0.2) is 4.98 Å². The fourth-order valence-electron chi connectivity index (χ4n) is 3.11. The molecule has 1 saturated carbocycles. The number of benzene rings is 1. The van der Waals surface area contributed by atoms with Gasteiger partial charge in [0, 0.05) is 12.2 Å². The third-order valence-electron chi connectivity index (χ3n) is 4.17. The molecule has 0 amide bonds. The van der Waals surface area contributed by atoms with Gasteiger partial charge < -0.3 is 14.6 Å². The summed E-state index contributed by atoms with van der Waals surface area (Å²) >= 11 is 0. The summed E-state index contributed by atoms with van der Waals surface area (Å²) in [6, 6.07) is 6.72. The van der Waals surface area contributed by atoms with Gasteiger partial charge in [-0.15, -0.1) is 0 Å². The number of methoxy groups -OCH3 is 1. The quantitative estimate of drug-likeness (QED) is 0.906. The molecule has 1 aromatic heterocycles. The van der Waals surface area contributed by atoms with E-state index in [9.17, 15) is 0 Å². The lowest BCUT2D eigenvalue weighted by molar-refractivity contribution is 0.416. The number of aryl methyl sites for hydroxylation is 2. The molecule has 1 N–H and O–H groups in total. The molecule has 21 heavy (non-hydrogen) atoms. The molecule has 1 aliphatic rings. The standard InChI is InChI=1S/C17H23N3O/c1-12-8-9-16(21-3)15(10-12)19-17-18-13(2)11-20(17)14-6-4-5-7-14/h8-11,14H,4-7H2,1-3H3,(H,18,19). The molecule has 0 spiro atoms. The monoisotopic (exact) mass is 285 g/mol. The number of nitrogens with zero attached hydrogens (tertiary/aromatic N) is 2. The molecule has 0 atom stereocenters. The van der Waals surface area contributed by atoms with E-state index >= 15 is 0 Å². The minimum absolute atomic E-state index is 0.574. The fraction of sp³-hybridized carbons (Fsp3) is 0.471. The van der Waals surface area contributed by atoms with Gasteiger partial charge in [-0.05, 0) is 44.4 Å². The third kappa shape index (κ3) is 2.89. The lowest BCUT2D eigenvalue weighted by atomic mass is 10.2. The summed E-state index contributed by atoms with van der Waals surface area (Å²) in [5.74, 6) is 1.77. The first kappa shape index (κ1) is 14.0. The summed E-state index contributed by atoms with van der Waals surface area (Å²) in [5, 5.41) is 3.46. The van der Waals surface area contributed by atoms with Crippen molar-refractivity contribution < 1.29 is 4.74 Å². The third-order valence-corrected chi connectivity index (χ3v) is 4.17. The van der Waals surface area contributed by atoms with Crippen LogP contribution in [0.15, 0.2) is 24.4 Å². The smallest absolute Gasteiger partial charge is 0.207 e. The fourth-order valence-corrected chi connectivity index (χ4v) is 3.11. The molecule has 112 valence electrons. The second-order valence-electron chi connectivity index (χ2n) is 5.88. The zero-order valence-electron chi connectivity index (χ0n) is 13.0. The van der Waals surface area contributed by atoms with Crippen LogP contribution < -0.4 is 10.1 Å². The maximum Gasteiger partial charge on any atom is 0.207 e. The predicted octanol–water partition coefficient (Wildman–Crippen LogP) is 4.37. The highest BCUT2D eigenvalue weighted by molar-refractivity contribution is 5.64. The minimum Gasteiger partial charge on any atom is -0.495 e. The summed E-state index contributed by atoms with van der Waals surface area (Å²) in [5.41, 5.74) is 3.23. The van der Waals surface area contributed by atoms with Gasteiger partial charge in [0.25, 0.3) is 0 Å². The van der Waals surface area contributed by atoms with Crippen molar-refractivity contribution in [3.05, 3.63) is 35.7 Å². The van der Waals surface area contributed by atoms with Gasteiger partial charge >= 0.3 is 0 Å². The lowest BCUT2D eigenvalue weighted by Gasteiger charge is -2.17. The van der Waals surface area contributed by atoms with Crippen molar-refractivity contribution in [3.63, 3.8) is 0 Å². The van der Waals surface area contributed by atoms with E-state index in [1.165, 1.54) is 31.2 Å². The van der Waals surface area contributed by atoms with E-state index in [4.69, 9.17) is 4.74 Å². The summed E-state index contributed by atoms with van der Waals surface area (Å²) in [4.78, 5) is 4.65. The maximum atomic E-state index is 5.45.